The summed E-state index contributed by atoms with van der Waals surface area (Å²) in [4.78, 5) is 0. The number of alkyl halides is 1. The zero-order chi connectivity index (χ0) is 9.86. The van der Waals surface area contributed by atoms with Gasteiger partial charge in [-0.2, -0.15) is 0 Å². The number of rotatable bonds is 3. The Morgan fingerprint density at radius 2 is 2.14 bits per heavy atom. The highest BCUT2D eigenvalue weighted by molar-refractivity contribution is 6.18. The second kappa shape index (κ2) is 4.37. The van der Waals surface area contributed by atoms with Gasteiger partial charge in [0.25, 0.3) is 0 Å². The number of ether oxygens (including phenoxy) is 1. The molecule has 14 heavy (non-hydrogen) atoms. The van der Waals surface area contributed by atoms with Gasteiger partial charge in [0.15, 0.2) is 0 Å². The maximum Gasteiger partial charge on any atom is 0.0934 e. The van der Waals surface area contributed by atoms with Crippen LogP contribution in [0.2, 0.25) is 0 Å². The van der Waals surface area contributed by atoms with Crippen LogP contribution in [0, 0.1) is 5.41 Å². The van der Waals surface area contributed by atoms with Crippen LogP contribution in [0.1, 0.15) is 18.4 Å². The molecule has 0 aliphatic carbocycles. The van der Waals surface area contributed by atoms with Crippen LogP contribution < -0.4 is 0 Å². The molecule has 2 nitrogen and oxygen atoms in total. The standard InChI is InChI=1S/C11H15ClO2/c12-9-11(2-5-13-6-3-11)7-10-1-4-14-8-10/h1,4,8H,2-3,5-7,9H2. The molecule has 3 heteroatoms. The third-order valence-electron chi connectivity index (χ3n) is 3.00. The fraction of sp³-hybridized carbons (Fsp3) is 0.636. The van der Waals surface area contributed by atoms with E-state index in [0.717, 1.165) is 32.5 Å². The van der Waals surface area contributed by atoms with Crippen molar-refractivity contribution in [1.82, 2.24) is 0 Å². The number of furan rings is 1. The lowest BCUT2D eigenvalue weighted by atomic mass is 9.77. The molecule has 0 radical (unpaired) electrons. The molecule has 0 bridgehead atoms. The molecule has 2 heterocycles. The summed E-state index contributed by atoms with van der Waals surface area (Å²) in [6, 6.07) is 2.02. The summed E-state index contributed by atoms with van der Waals surface area (Å²) >= 11 is 6.07. The van der Waals surface area contributed by atoms with E-state index in [1.165, 1.54) is 5.56 Å². The van der Waals surface area contributed by atoms with Gasteiger partial charge < -0.3 is 9.15 Å². The van der Waals surface area contributed by atoms with E-state index < -0.39 is 0 Å². The summed E-state index contributed by atoms with van der Waals surface area (Å²) in [6.07, 6.45) is 6.65. The molecular formula is C11H15ClO2. The van der Waals surface area contributed by atoms with Gasteiger partial charge in [0.05, 0.1) is 12.5 Å². The molecule has 1 aliphatic heterocycles. The molecule has 78 valence electrons. The summed E-state index contributed by atoms with van der Waals surface area (Å²) in [7, 11) is 0. The molecule has 1 aromatic heterocycles. The van der Waals surface area contributed by atoms with Crippen LogP contribution in [0.5, 0.6) is 0 Å². The second-order valence-corrected chi connectivity index (χ2v) is 4.32. The molecule has 0 saturated carbocycles. The van der Waals surface area contributed by atoms with E-state index in [9.17, 15) is 0 Å². The highest BCUT2D eigenvalue weighted by Gasteiger charge is 2.32. The van der Waals surface area contributed by atoms with E-state index in [1.54, 1.807) is 6.26 Å². The fourth-order valence-corrected chi connectivity index (χ4v) is 2.35. The van der Waals surface area contributed by atoms with Gasteiger partial charge in [-0.25, -0.2) is 0 Å². The fourth-order valence-electron chi connectivity index (χ4n) is 1.99. The van der Waals surface area contributed by atoms with Crippen LogP contribution in [0.15, 0.2) is 23.0 Å². The van der Waals surface area contributed by atoms with Gasteiger partial charge in [0.1, 0.15) is 0 Å². The molecule has 0 aromatic carbocycles. The summed E-state index contributed by atoms with van der Waals surface area (Å²) < 4.78 is 10.4. The first-order valence-electron chi connectivity index (χ1n) is 4.99. The number of hydrogen-bond donors (Lipinski definition) is 0. The number of hydrogen-bond acceptors (Lipinski definition) is 2. The van der Waals surface area contributed by atoms with Gasteiger partial charge in [-0.1, -0.05) is 0 Å². The molecule has 0 N–H and O–H groups in total. The Hall–Kier alpha value is -0.470. The molecule has 0 atom stereocenters. The molecule has 1 fully saturated rings. The van der Waals surface area contributed by atoms with Gasteiger partial charge >= 0.3 is 0 Å². The molecule has 1 saturated heterocycles. The Labute approximate surface area is 89.2 Å². The normalized spacial score (nSPS) is 20.9. The van der Waals surface area contributed by atoms with Crippen molar-refractivity contribution in [2.24, 2.45) is 5.41 Å². The van der Waals surface area contributed by atoms with E-state index in [0.29, 0.717) is 5.88 Å². The predicted molar refractivity (Wildman–Crippen MR) is 55.6 cm³/mol. The molecule has 0 spiro atoms. The van der Waals surface area contributed by atoms with Crippen LogP contribution in [-0.4, -0.2) is 19.1 Å². The zero-order valence-electron chi connectivity index (χ0n) is 8.17. The minimum atomic E-state index is 0.226. The Morgan fingerprint density at radius 1 is 1.36 bits per heavy atom. The lowest BCUT2D eigenvalue weighted by Crippen LogP contribution is -2.33. The first kappa shape index (κ1) is 10.1. The third-order valence-corrected chi connectivity index (χ3v) is 3.56. The zero-order valence-corrected chi connectivity index (χ0v) is 8.93. The van der Waals surface area contributed by atoms with Gasteiger partial charge in [0.2, 0.25) is 0 Å². The summed E-state index contributed by atoms with van der Waals surface area (Å²) in [5, 5.41) is 0. The summed E-state index contributed by atoms with van der Waals surface area (Å²) in [5.74, 6) is 0.710. The van der Waals surface area contributed by atoms with Crippen molar-refractivity contribution >= 4 is 11.6 Å². The van der Waals surface area contributed by atoms with Crippen LogP contribution in [0.25, 0.3) is 0 Å². The Bertz CT molecular complexity index is 263. The molecule has 2 rings (SSSR count). The van der Waals surface area contributed by atoms with Crippen molar-refractivity contribution in [3.8, 4) is 0 Å². The topological polar surface area (TPSA) is 22.4 Å². The predicted octanol–water partition coefficient (Wildman–Crippen LogP) is 2.86. The Kier molecular flexibility index (Phi) is 3.14. The highest BCUT2D eigenvalue weighted by Crippen LogP contribution is 2.35. The van der Waals surface area contributed by atoms with Crippen molar-refractivity contribution in [2.45, 2.75) is 19.3 Å². The van der Waals surface area contributed by atoms with Crippen LogP contribution in [0.3, 0.4) is 0 Å². The van der Waals surface area contributed by atoms with Crippen molar-refractivity contribution in [2.75, 3.05) is 19.1 Å². The monoisotopic (exact) mass is 214 g/mol. The smallest absolute Gasteiger partial charge is 0.0934 e. The first-order chi connectivity index (χ1) is 6.85. The van der Waals surface area contributed by atoms with E-state index >= 15 is 0 Å². The van der Waals surface area contributed by atoms with Gasteiger partial charge in [0, 0.05) is 19.1 Å². The molecule has 0 amide bonds. The molecule has 1 aromatic rings. The largest absolute Gasteiger partial charge is 0.472 e. The van der Waals surface area contributed by atoms with E-state index in [4.69, 9.17) is 20.8 Å². The maximum absolute atomic E-state index is 6.07. The van der Waals surface area contributed by atoms with Gasteiger partial charge in [-0.15, -0.1) is 11.6 Å². The minimum absolute atomic E-state index is 0.226. The third kappa shape index (κ3) is 2.12. The quantitative estimate of drug-likeness (QED) is 0.722. The first-order valence-corrected chi connectivity index (χ1v) is 5.53. The lowest BCUT2D eigenvalue weighted by molar-refractivity contribution is 0.0257. The van der Waals surface area contributed by atoms with Gasteiger partial charge in [-0.05, 0) is 36.3 Å². The minimum Gasteiger partial charge on any atom is -0.472 e. The maximum atomic E-state index is 6.07. The molecular weight excluding hydrogens is 200 g/mol. The lowest BCUT2D eigenvalue weighted by Gasteiger charge is -2.35. The average molecular weight is 215 g/mol. The van der Waals surface area contributed by atoms with Crippen LogP contribution >= 0.6 is 11.6 Å². The average Bonchev–Trinajstić information content (AvgIpc) is 2.72. The number of halogens is 1. The van der Waals surface area contributed by atoms with Crippen molar-refractivity contribution in [3.63, 3.8) is 0 Å². The Morgan fingerprint density at radius 3 is 2.71 bits per heavy atom. The second-order valence-electron chi connectivity index (χ2n) is 4.05. The molecule has 1 aliphatic rings. The summed E-state index contributed by atoms with van der Waals surface area (Å²) in [5.41, 5.74) is 1.47. The van der Waals surface area contributed by atoms with E-state index in [1.807, 2.05) is 12.3 Å². The van der Waals surface area contributed by atoms with Crippen LogP contribution in [0.4, 0.5) is 0 Å². The molecule has 0 unspecified atom stereocenters. The van der Waals surface area contributed by atoms with Crippen molar-refractivity contribution in [3.05, 3.63) is 24.2 Å². The van der Waals surface area contributed by atoms with E-state index in [2.05, 4.69) is 0 Å². The van der Waals surface area contributed by atoms with Crippen molar-refractivity contribution in [1.29, 1.82) is 0 Å². The van der Waals surface area contributed by atoms with Gasteiger partial charge in [-0.3, -0.25) is 0 Å². The van der Waals surface area contributed by atoms with Crippen molar-refractivity contribution < 1.29 is 9.15 Å². The SMILES string of the molecule is ClCC1(Cc2ccoc2)CCOCC1. The summed E-state index contributed by atoms with van der Waals surface area (Å²) in [6.45, 7) is 1.68. The highest BCUT2D eigenvalue weighted by atomic mass is 35.5. The Balaban J connectivity index is 2.04. The van der Waals surface area contributed by atoms with Crippen LogP contribution in [-0.2, 0) is 11.2 Å². The van der Waals surface area contributed by atoms with E-state index in [-0.39, 0.29) is 5.41 Å².